The highest BCUT2D eigenvalue weighted by atomic mass is 15.4. The van der Waals surface area contributed by atoms with Crippen molar-refractivity contribution in [3.63, 3.8) is 0 Å². The molecule has 0 aliphatic carbocycles. The van der Waals surface area contributed by atoms with Crippen LogP contribution in [-0.2, 0) is 6.54 Å². The fraction of sp³-hybridized carbons (Fsp3) is 0.214. The van der Waals surface area contributed by atoms with Crippen LogP contribution in [0.5, 0.6) is 0 Å². The van der Waals surface area contributed by atoms with Gasteiger partial charge in [-0.15, -0.1) is 5.10 Å². The van der Waals surface area contributed by atoms with E-state index in [1.807, 2.05) is 36.4 Å². The van der Waals surface area contributed by atoms with Crippen LogP contribution in [-0.4, -0.2) is 24.5 Å². The van der Waals surface area contributed by atoms with E-state index in [0.29, 0.717) is 0 Å². The average molecular weight is 253 g/mol. The van der Waals surface area contributed by atoms with Crippen LogP contribution in [0.3, 0.4) is 0 Å². The summed E-state index contributed by atoms with van der Waals surface area (Å²) >= 11 is 0. The Bertz CT molecular complexity index is 695. The second-order valence-electron chi connectivity index (χ2n) is 4.49. The number of aryl methyl sites for hydroxylation is 2. The number of rotatable bonds is 3. The van der Waals surface area contributed by atoms with Crippen molar-refractivity contribution in [3.05, 3.63) is 48.7 Å². The van der Waals surface area contributed by atoms with Crippen LogP contribution < -0.4 is 0 Å². The molecule has 0 spiro atoms. The van der Waals surface area contributed by atoms with Crippen LogP contribution in [0.15, 0.2) is 43.1 Å². The van der Waals surface area contributed by atoms with Crippen LogP contribution in [0.4, 0.5) is 0 Å². The van der Waals surface area contributed by atoms with Crippen LogP contribution in [0.25, 0.3) is 16.9 Å². The van der Waals surface area contributed by atoms with Crippen LogP contribution in [0.1, 0.15) is 12.5 Å². The van der Waals surface area contributed by atoms with Gasteiger partial charge in [0.25, 0.3) is 0 Å². The minimum atomic E-state index is 0.816. The first-order valence-electron chi connectivity index (χ1n) is 6.27. The van der Waals surface area contributed by atoms with Gasteiger partial charge in [0.05, 0.1) is 18.1 Å². The molecule has 5 nitrogen and oxygen atoms in total. The molecule has 0 atom stereocenters. The minimum absolute atomic E-state index is 0.816. The maximum absolute atomic E-state index is 4.28. The van der Waals surface area contributed by atoms with Gasteiger partial charge in [-0.3, -0.25) is 9.67 Å². The van der Waals surface area contributed by atoms with Crippen LogP contribution in [0, 0.1) is 6.92 Å². The predicted octanol–water partition coefficient (Wildman–Crippen LogP) is 2.46. The zero-order valence-corrected chi connectivity index (χ0v) is 11.0. The van der Waals surface area contributed by atoms with Gasteiger partial charge in [0.1, 0.15) is 5.69 Å². The molecule has 3 aromatic heterocycles. The minimum Gasteiger partial charge on any atom is -0.322 e. The lowest BCUT2D eigenvalue weighted by atomic mass is 10.2. The van der Waals surface area contributed by atoms with Crippen LogP contribution >= 0.6 is 0 Å². The smallest absolute Gasteiger partial charge is 0.114 e. The molecule has 0 N–H and O–H groups in total. The lowest BCUT2D eigenvalue weighted by molar-refractivity contribution is 0.627. The molecular weight excluding hydrogens is 238 g/mol. The zero-order valence-electron chi connectivity index (χ0n) is 11.0. The Kier molecular flexibility index (Phi) is 2.87. The standard InChI is InChI=1S/C14H15N5/c1-3-19-10-14(16-17-19)12-6-13(8-15-7-12)18-5-4-11(2)9-18/h4-10H,3H2,1-2H3. The molecule has 3 aromatic rings. The largest absolute Gasteiger partial charge is 0.322 e. The SMILES string of the molecule is CCn1cc(-c2cncc(-n3ccc(C)c3)c2)nn1. The summed E-state index contributed by atoms with van der Waals surface area (Å²) in [6, 6.07) is 4.14. The van der Waals surface area contributed by atoms with Crippen molar-refractivity contribution in [3.8, 4) is 16.9 Å². The van der Waals surface area contributed by atoms with Gasteiger partial charge in [-0.2, -0.15) is 0 Å². The number of hydrogen-bond donors (Lipinski definition) is 0. The van der Waals surface area contributed by atoms with Crippen molar-refractivity contribution in [1.82, 2.24) is 24.5 Å². The van der Waals surface area contributed by atoms with Gasteiger partial charge in [0, 0.05) is 30.7 Å². The predicted molar refractivity (Wildman–Crippen MR) is 73.0 cm³/mol. The fourth-order valence-electron chi connectivity index (χ4n) is 1.96. The summed E-state index contributed by atoms with van der Waals surface area (Å²) in [5.41, 5.74) is 4.07. The Labute approximate surface area is 111 Å². The third kappa shape index (κ3) is 2.27. The van der Waals surface area contributed by atoms with Gasteiger partial charge < -0.3 is 4.57 Å². The highest BCUT2D eigenvalue weighted by molar-refractivity contribution is 5.59. The van der Waals surface area contributed by atoms with E-state index in [9.17, 15) is 0 Å². The lowest BCUT2D eigenvalue weighted by Crippen LogP contribution is -1.93. The number of aromatic nitrogens is 5. The summed E-state index contributed by atoms with van der Waals surface area (Å²) in [5.74, 6) is 0. The molecule has 3 heterocycles. The maximum Gasteiger partial charge on any atom is 0.114 e. The first-order chi connectivity index (χ1) is 9.26. The van der Waals surface area contributed by atoms with Gasteiger partial charge in [-0.05, 0) is 31.5 Å². The molecule has 19 heavy (non-hydrogen) atoms. The second-order valence-corrected chi connectivity index (χ2v) is 4.49. The van der Waals surface area contributed by atoms with Gasteiger partial charge in [0.15, 0.2) is 0 Å². The summed E-state index contributed by atoms with van der Waals surface area (Å²) in [4.78, 5) is 4.28. The Morgan fingerprint density at radius 3 is 2.79 bits per heavy atom. The second kappa shape index (κ2) is 4.68. The molecule has 0 aliphatic heterocycles. The normalized spacial score (nSPS) is 10.8. The average Bonchev–Trinajstić information content (AvgIpc) is 3.07. The highest BCUT2D eigenvalue weighted by Crippen LogP contribution is 2.19. The molecule has 0 saturated carbocycles. The van der Waals surface area contributed by atoms with Crippen molar-refractivity contribution >= 4 is 0 Å². The van der Waals surface area contributed by atoms with Gasteiger partial charge in [-0.25, -0.2) is 0 Å². The summed E-state index contributed by atoms with van der Waals surface area (Å²) in [7, 11) is 0. The zero-order chi connectivity index (χ0) is 13.2. The van der Waals surface area contributed by atoms with E-state index in [0.717, 1.165) is 23.5 Å². The summed E-state index contributed by atoms with van der Waals surface area (Å²) < 4.78 is 3.86. The van der Waals surface area contributed by atoms with Crippen molar-refractivity contribution in [2.75, 3.05) is 0 Å². The number of pyridine rings is 1. The first-order valence-corrected chi connectivity index (χ1v) is 6.27. The third-order valence-electron chi connectivity index (χ3n) is 3.02. The van der Waals surface area contributed by atoms with E-state index in [2.05, 4.69) is 45.1 Å². The molecule has 0 unspecified atom stereocenters. The van der Waals surface area contributed by atoms with Gasteiger partial charge in [-0.1, -0.05) is 5.21 Å². The highest BCUT2D eigenvalue weighted by Gasteiger charge is 2.05. The van der Waals surface area contributed by atoms with E-state index in [4.69, 9.17) is 0 Å². The molecule has 96 valence electrons. The number of nitrogens with zero attached hydrogens (tertiary/aromatic N) is 5. The van der Waals surface area contributed by atoms with Crippen molar-refractivity contribution in [2.24, 2.45) is 0 Å². The Balaban J connectivity index is 2.00. The molecule has 0 bridgehead atoms. The molecule has 0 saturated heterocycles. The Morgan fingerprint density at radius 2 is 2.11 bits per heavy atom. The van der Waals surface area contributed by atoms with E-state index >= 15 is 0 Å². The summed E-state index contributed by atoms with van der Waals surface area (Å²) in [5, 5.41) is 8.21. The molecule has 0 aromatic carbocycles. The molecule has 5 heteroatoms. The Morgan fingerprint density at radius 1 is 1.21 bits per heavy atom. The summed E-state index contributed by atoms with van der Waals surface area (Å²) in [6.07, 6.45) is 9.68. The lowest BCUT2D eigenvalue weighted by Gasteiger charge is -2.03. The topological polar surface area (TPSA) is 48.5 Å². The quantitative estimate of drug-likeness (QED) is 0.720. The van der Waals surface area contributed by atoms with E-state index in [1.54, 1.807) is 0 Å². The molecule has 0 radical (unpaired) electrons. The van der Waals surface area contributed by atoms with Crippen molar-refractivity contribution < 1.29 is 0 Å². The molecule has 0 aliphatic rings. The molecule has 0 amide bonds. The van der Waals surface area contributed by atoms with E-state index in [-0.39, 0.29) is 0 Å². The fourth-order valence-corrected chi connectivity index (χ4v) is 1.96. The molecular formula is C14H15N5. The van der Waals surface area contributed by atoms with Crippen LogP contribution in [0.2, 0.25) is 0 Å². The third-order valence-corrected chi connectivity index (χ3v) is 3.02. The van der Waals surface area contributed by atoms with Crippen molar-refractivity contribution in [1.29, 1.82) is 0 Å². The Hall–Kier alpha value is -2.43. The van der Waals surface area contributed by atoms with Gasteiger partial charge in [0.2, 0.25) is 0 Å². The molecule has 0 fully saturated rings. The van der Waals surface area contributed by atoms with Crippen molar-refractivity contribution in [2.45, 2.75) is 20.4 Å². The monoisotopic (exact) mass is 253 g/mol. The maximum atomic E-state index is 4.28. The number of hydrogen-bond acceptors (Lipinski definition) is 3. The first kappa shape index (κ1) is 11.6. The molecule has 3 rings (SSSR count). The summed E-state index contributed by atoms with van der Waals surface area (Å²) in [6.45, 7) is 4.92. The van der Waals surface area contributed by atoms with Gasteiger partial charge >= 0.3 is 0 Å². The van der Waals surface area contributed by atoms with E-state index in [1.165, 1.54) is 5.56 Å². The van der Waals surface area contributed by atoms with E-state index < -0.39 is 0 Å².